The molecule has 0 radical (unpaired) electrons. The molecular weight excluding hydrogens is 174 g/mol. The van der Waals surface area contributed by atoms with Crippen molar-refractivity contribution in [1.82, 2.24) is 4.90 Å². The minimum Gasteiger partial charge on any atom is -0.480 e. The molecule has 0 saturated heterocycles. The summed E-state index contributed by atoms with van der Waals surface area (Å²) >= 11 is 1.89. The van der Waals surface area contributed by atoms with Gasteiger partial charge in [-0.25, -0.2) is 0 Å². The van der Waals surface area contributed by atoms with E-state index in [4.69, 9.17) is 5.11 Å². The maximum absolute atomic E-state index is 10.3. The van der Waals surface area contributed by atoms with E-state index in [1.54, 1.807) is 0 Å². The number of likely N-dealkylation sites (N-methyl/N-ethyl adjacent to an activating group) is 1. The smallest absolute Gasteiger partial charge is 0.317 e. The highest BCUT2D eigenvalue weighted by molar-refractivity contribution is 7.99. The zero-order valence-corrected chi connectivity index (χ0v) is 8.56. The van der Waals surface area contributed by atoms with Crippen LogP contribution in [-0.2, 0) is 4.79 Å². The minimum atomic E-state index is -0.749. The van der Waals surface area contributed by atoms with Crippen LogP contribution in [0.2, 0.25) is 0 Å². The lowest BCUT2D eigenvalue weighted by molar-refractivity contribution is -0.137. The zero-order chi connectivity index (χ0) is 9.40. The van der Waals surface area contributed by atoms with Crippen LogP contribution < -0.4 is 0 Å². The van der Waals surface area contributed by atoms with Gasteiger partial charge in [-0.05, 0) is 31.5 Å². The molecule has 0 atom stereocenters. The number of rotatable bonds is 7. The fourth-order valence-corrected chi connectivity index (χ4v) is 1.51. The third kappa shape index (κ3) is 7.88. The molecule has 0 saturated carbocycles. The molecule has 0 rings (SSSR count). The zero-order valence-electron chi connectivity index (χ0n) is 7.75. The van der Waals surface area contributed by atoms with Crippen molar-refractivity contribution in [3.05, 3.63) is 0 Å². The van der Waals surface area contributed by atoms with Crippen molar-refractivity contribution in [2.75, 3.05) is 31.6 Å². The van der Waals surface area contributed by atoms with Gasteiger partial charge in [-0.2, -0.15) is 11.8 Å². The number of carbonyl (C=O) groups is 1. The molecule has 0 aliphatic heterocycles. The van der Waals surface area contributed by atoms with E-state index < -0.39 is 5.97 Å². The van der Waals surface area contributed by atoms with Crippen molar-refractivity contribution in [3.8, 4) is 0 Å². The second kappa shape index (κ2) is 7.43. The average Bonchev–Trinajstić information content (AvgIpc) is 1.97. The van der Waals surface area contributed by atoms with Gasteiger partial charge < -0.3 is 5.11 Å². The van der Waals surface area contributed by atoms with Crippen LogP contribution in [0.25, 0.3) is 0 Å². The summed E-state index contributed by atoms with van der Waals surface area (Å²) in [4.78, 5) is 12.1. The SMILES string of the molecule is CCSCCCN(C)CC(=O)O. The lowest BCUT2D eigenvalue weighted by Crippen LogP contribution is -2.26. The van der Waals surface area contributed by atoms with E-state index in [-0.39, 0.29) is 6.54 Å². The second-order valence-corrected chi connectivity index (χ2v) is 4.08. The number of hydrogen-bond acceptors (Lipinski definition) is 3. The molecule has 12 heavy (non-hydrogen) atoms. The van der Waals surface area contributed by atoms with E-state index in [0.29, 0.717) is 0 Å². The van der Waals surface area contributed by atoms with Crippen LogP contribution in [0.5, 0.6) is 0 Å². The molecule has 0 aliphatic rings. The molecular formula is C8H17NO2S. The van der Waals surface area contributed by atoms with Crippen LogP contribution in [0.15, 0.2) is 0 Å². The summed E-state index contributed by atoms with van der Waals surface area (Å²) in [5.74, 6) is 1.52. The second-order valence-electron chi connectivity index (χ2n) is 2.68. The largest absolute Gasteiger partial charge is 0.480 e. The molecule has 0 aromatic rings. The van der Waals surface area contributed by atoms with Crippen molar-refractivity contribution >= 4 is 17.7 Å². The Morgan fingerprint density at radius 3 is 2.75 bits per heavy atom. The molecule has 0 bridgehead atoms. The highest BCUT2D eigenvalue weighted by atomic mass is 32.2. The molecule has 0 fully saturated rings. The molecule has 0 spiro atoms. The predicted molar refractivity (Wildman–Crippen MR) is 52.7 cm³/mol. The fraction of sp³-hybridized carbons (Fsp3) is 0.875. The Morgan fingerprint density at radius 2 is 2.25 bits per heavy atom. The molecule has 72 valence electrons. The maximum Gasteiger partial charge on any atom is 0.317 e. The Bertz CT molecular complexity index is 130. The van der Waals surface area contributed by atoms with E-state index in [2.05, 4.69) is 6.92 Å². The molecule has 0 amide bonds. The van der Waals surface area contributed by atoms with Crippen LogP contribution in [-0.4, -0.2) is 47.6 Å². The number of aliphatic carboxylic acids is 1. The summed E-state index contributed by atoms with van der Waals surface area (Å²) in [6.07, 6.45) is 1.07. The molecule has 0 heterocycles. The molecule has 4 heteroatoms. The highest BCUT2D eigenvalue weighted by Gasteiger charge is 2.02. The number of hydrogen-bond donors (Lipinski definition) is 1. The number of carboxylic acids is 1. The van der Waals surface area contributed by atoms with Gasteiger partial charge in [0.2, 0.25) is 0 Å². The summed E-state index contributed by atoms with van der Waals surface area (Å²) < 4.78 is 0. The Morgan fingerprint density at radius 1 is 1.58 bits per heavy atom. The van der Waals surface area contributed by atoms with Crippen molar-refractivity contribution in [2.24, 2.45) is 0 Å². The van der Waals surface area contributed by atoms with Gasteiger partial charge in [0.1, 0.15) is 0 Å². The van der Waals surface area contributed by atoms with Crippen molar-refractivity contribution in [3.63, 3.8) is 0 Å². The Balaban J connectivity index is 3.19. The first-order valence-corrected chi connectivity index (χ1v) is 5.30. The first-order chi connectivity index (χ1) is 5.66. The topological polar surface area (TPSA) is 40.5 Å². The van der Waals surface area contributed by atoms with Gasteiger partial charge in [-0.3, -0.25) is 9.69 Å². The van der Waals surface area contributed by atoms with Crippen LogP contribution in [0.4, 0.5) is 0 Å². The van der Waals surface area contributed by atoms with Crippen LogP contribution in [0.1, 0.15) is 13.3 Å². The van der Waals surface area contributed by atoms with E-state index >= 15 is 0 Å². The lowest BCUT2D eigenvalue weighted by Gasteiger charge is -2.12. The lowest BCUT2D eigenvalue weighted by atomic mass is 10.4. The highest BCUT2D eigenvalue weighted by Crippen LogP contribution is 2.01. The van der Waals surface area contributed by atoms with Gasteiger partial charge in [0.25, 0.3) is 0 Å². The molecule has 3 nitrogen and oxygen atoms in total. The van der Waals surface area contributed by atoms with E-state index in [9.17, 15) is 4.79 Å². The summed E-state index contributed by atoms with van der Waals surface area (Å²) in [7, 11) is 1.84. The van der Waals surface area contributed by atoms with Gasteiger partial charge >= 0.3 is 5.97 Å². The normalized spacial score (nSPS) is 10.6. The van der Waals surface area contributed by atoms with E-state index in [0.717, 1.165) is 24.5 Å². The number of carboxylic acid groups (broad SMARTS) is 1. The summed E-state index contributed by atoms with van der Waals surface area (Å²) in [6, 6.07) is 0. The van der Waals surface area contributed by atoms with Crippen LogP contribution in [0.3, 0.4) is 0 Å². The quantitative estimate of drug-likeness (QED) is 0.613. The Labute approximate surface area is 78.1 Å². The van der Waals surface area contributed by atoms with Gasteiger partial charge in [-0.1, -0.05) is 6.92 Å². The van der Waals surface area contributed by atoms with Gasteiger partial charge in [-0.15, -0.1) is 0 Å². The third-order valence-electron chi connectivity index (χ3n) is 1.44. The standard InChI is InChI=1S/C8H17NO2S/c1-3-12-6-4-5-9(2)7-8(10)11/h3-7H2,1-2H3,(H,10,11). The fourth-order valence-electron chi connectivity index (χ4n) is 0.891. The van der Waals surface area contributed by atoms with Crippen molar-refractivity contribution < 1.29 is 9.90 Å². The average molecular weight is 191 g/mol. The molecule has 0 aliphatic carbocycles. The Hall–Kier alpha value is -0.220. The predicted octanol–water partition coefficient (Wildman–Crippen LogP) is 1.15. The van der Waals surface area contributed by atoms with Gasteiger partial charge in [0.15, 0.2) is 0 Å². The molecule has 0 aromatic carbocycles. The first-order valence-electron chi connectivity index (χ1n) is 4.15. The van der Waals surface area contributed by atoms with Crippen LogP contribution >= 0.6 is 11.8 Å². The van der Waals surface area contributed by atoms with Crippen molar-refractivity contribution in [1.29, 1.82) is 0 Å². The molecule has 0 aromatic heterocycles. The minimum absolute atomic E-state index is 0.150. The van der Waals surface area contributed by atoms with Gasteiger partial charge in [0, 0.05) is 0 Å². The number of nitrogens with zero attached hydrogens (tertiary/aromatic N) is 1. The molecule has 1 N–H and O–H groups in total. The van der Waals surface area contributed by atoms with E-state index in [1.807, 2.05) is 23.7 Å². The van der Waals surface area contributed by atoms with Gasteiger partial charge in [0.05, 0.1) is 6.54 Å². The first kappa shape index (κ1) is 11.8. The Kier molecular flexibility index (Phi) is 7.29. The third-order valence-corrected chi connectivity index (χ3v) is 2.42. The summed E-state index contributed by atoms with van der Waals surface area (Å²) in [5, 5.41) is 8.44. The monoisotopic (exact) mass is 191 g/mol. The number of thioether (sulfide) groups is 1. The van der Waals surface area contributed by atoms with E-state index in [1.165, 1.54) is 0 Å². The molecule has 0 unspecified atom stereocenters. The van der Waals surface area contributed by atoms with Crippen LogP contribution in [0, 0.1) is 0 Å². The van der Waals surface area contributed by atoms with Crippen molar-refractivity contribution in [2.45, 2.75) is 13.3 Å². The summed E-state index contributed by atoms with van der Waals surface area (Å²) in [5.41, 5.74) is 0. The summed E-state index contributed by atoms with van der Waals surface area (Å²) in [6.45, 7) is 3.15. The maximum atomic E-state index is 10.3.